The number of carbonyl (C=O) groups excluding carboxylic acids is 1. The normalized spacial score (nSPS) is 13.8. The van der Waals surface area contributed by atoms with Crippen molar-refractivity contribution in [2.45, 2.75) is 32.9 Å². The molecule has 8 nitrogen and oxygen atoms in total. The van der Waals surface area contributed by atoms with Gasteiger partial charge in [-0.3, -0.25) is 10.2 Å². The van der Waals surface area contributed by atoms with Gasteiger partial charge in [-0.05, 0) is 86.0 Å². The second-order valence-corrected chi connectivity index (χ2v) is 12.1. The van der Waals surface area contributed by atoms with Crippen molar-refractivity contribution in [3.63, 3.8) is 0 Å². The van der Waals surface area contributed by atoms with Crippen LogP contribution in [-0.4, -0.2) is 53.8 Å². The van der Waals surface area contributed by atoms with E-state index in [0.29, 0.717) is 11.4 Å². The number of carbonyl (C=O) groups is 2. The van der Waals surface area contributed by atoms with Crippen LogP contribution in [-0.2, 0) is 11.3 Å². The summed E-state index contributed by atoms with van der Waals surface area (Å²) in [6.45, 7) is 9.51. The lowest BCUT2D eigenvalue weighted by atomic mass is 9.99. The van der Waals surface area contributed by atoms with Crippen LogP contribution in [0.2, 0.25) is 5.02 Å². The van der Waals surface area contributed by atoms with Crippen LogP contribution in [0.4, 0.5) is 16.2 Å². The van der Waals surface area contributed by atoms with Crippen LogP contribution in [0.1, 0.15) is 36.7 Å². The van der Waals surface area contributed by atoms with Crippen LogP contribution in [0, 0.1) is 0 Å². The zero-order chi connectivity index (χ0) is 31.3. The van der Waals surface area contributed by atoms with Gasteiger partial charge in [-0.2, -0.15) is 0 Å². The van der Waals surface area contributed by atoms with Gasteiger partial charge >= 0.3 is 12.1 Å². The number of nitrogens with one attached hydrogen (secondary N) is 1. The third-order valence-electron chi connectivity index (χ3n) is 7.23. The number of carboxylic acids is 1. The highest BCUT2D eigenvalue weighted by molar-refractivity contribution is 6.30. The van der Waals surface area contributed by atoms with E-state index in [9.17, 15) is 14.7 Å². The van der Waals surface area contributed by atoms with Gasteiger partial charge in [0.2, 0.25) is 0 Å². The van der Waals surface area contributed by atoms with E-state index in [1.807, 2.05) is 18.2 Å². The number of ether oxygens (including phenoxy) is 2. The van der Waals surface area contributed by atoms with Crippen molar-refractivity contribution in [2.75, 3.05) is 36.4 Å². The number of piperazine rings is 1. The quantitative estimate of drug-likeness (QED) is 0.207. The number of aromatic carboxylic acids is 1. The number of anilines is 2. The Bertz CT molecular complexity index is 1610. The molecule has 4 aromatic carbocycles. The fourth-order valence-electron chi connectivity index (χ4n) is 5.10. The standard InChI is InChI=1S/C35H36ClN3O5/c1-35(2,3)44-34(42)37-27-12-15-29(16-13-27)43-32-22-28(14-17-31(32)33(40)41)39-20-18-38(19-21-39)23-25-6-4-5-7-30(25)24-8-10-26(36)11-9-24/h4-17,22H,18-21,23H2,1-3H3,(H,37,42)(H,40,41). The molecule has 1 heterocycles. The van der Waals surface area contributed by atoms with E-state index in [-0.39, 0.29) is 11.3 Å². The monoisotopic (exact) mass is 613 g/mol. The number of carboxylic acid groups (broad SMARTS) is 1. The Morgan fingerprint density at radius 1 is 0.886 bits per heavy atom. The molecule has 44 heavy (non-hydrogen) atoms. The van der Waals surface area contributed by atoms with Crippen LogP contribution in [0.15, 0.2) is 91.0 Å². The van der Waals surface area contributed by atoms with Gasteiger partial charge in [-0.25, -0.2) is 9.59 Å². The van der Waals surface area contributed by atoms with Crippen molar-refractivity contribution in [3.05, 3.63) is 107 Å². The van der Waals surface area contributed by atoms with Crippen LogP contribution < -0.4 is 15.0 Å². The van der Waals surface area contributed by atoms with Gasteiger partial charge in [0, 0.05) is 55.2 Å². The Kier molecular flexibility index (Phi) is 9.42. The van der Waals surface area contributed by atoms with Crippen LogP contribution in [0.3, 0.4) is 0 Å². The van der Waals surface area contributed by atoms with Crippen LogP contribution in [0.25, 0.3) is 11.1 Å². The van der Waals surface area contributed by atoms with Gasteiger partial charge in [-0.1, -0.05) is 48.0 Å². The molecule has 2 N–H and O–H groups in total. The number of hydrogen-bond donors (Lipinski definition) is 2. The van der Waals surface area contributed by atoms with Gasteiger partial charge in [0.05, 0.1) is 0 Å². The Hall–Kier alpha value is -4.53. The molecule has 1 saturated heterocycles. The number of halogens is 1. The van der Waals surface area contributed by atoms with E-state index >= 15 is 0 Å². The molecule has 1 amide bonds. The molecule has 0 spiro atoms. The molecule has 4 aromatic rings. The minimum Gasteiger partial charge on any atom is -0.478 e. The predicted molar refractivity (Wildman–Crippen MR) is 174 cm³/mol. The summed E-state index contributed by atoms with van der Waals surface area (Å²) in [6, 6.07) is 28.3. The molecular formula is C35H36ClN3O5. The van der Waals surface area contributed by atoms with E-state index in [4.69, 9.17) is 21.1 Å². The Morgan fingerprint density at radius 2 is 1.57 bits per heavy atom. The molecule has 0 aromatic heterocycles. The average Bonchev–Trinajstić information content (AvgIpc) is 2.98. The maximum Gasteiger partial charge on any atom is 0.412 e. The molecule has 0 atom stereocenters. The van der Waals surface area contributed by atoms with Crippen molar-refractivity contribution in [1.29, 1.82) is 0 Å². The Morgan fingerprint density at radius 3 is 2.23 bits per heavy atom. The van der Waals surface area contributed by atoms with E-state index in [1.165, 1.54) is 11.1 Å². The largest absolute Gasteiger partial charge is 0.478 e. The summed E-state index contributed by atoms with van der Waals surface area (Å²) in [5, 5.41) is 13.2. The minimum atomic E-state index is -1.07. The first-order valence-electron chi connectivity index (χ1n) is 14.5. The number of amides is 1. The van der Waals surface area contributed by atoms with Gasteiger partial charge in [0.25, 0.3) is 0 Å². The lowest BCUT2D eigenvalue weighted by Crippen LogP contribution is -2.46. The molecule has 5 rings (SSSR count). The number of benzene rings is 4. The molecule has 228 valence electrons. The highest BCUT2D eigenvalue weighted by atomic mass is 35.5. The van der Waals surface area contributed by atoms with Gasteiger partial charge < -0.3 is 19.5 Å². The maximum absolute atomic E-state index is 12.1. The highest BCUT2D eigenvalue weighted by Gasteiger charge is 2.21. The molecule has 0 bridgehead atoms. The Labute approximate surface area is 262 Å². The number of nitrogens with zero attached hydrogens (tertiary/aromatic N) is 2. The number of hydrogen-bond acceptors (Lipinski definition) is 6. The second kappa shape index (κ2) is 13.4. The average molecular weight is 614 g/mol. The van der Waals surface area contributed by atoms with Crippen molar-refractivity contribution in [3.8, 4) is 22.6 Å². The minimum absolute atomic E-state index is 0.0714. The molecule has 0 saturated carbocycles. The first-order valence-corrected chi connectivity index (χ1v) is 14.9. The van der Waals surface area contributed by atoms with Crippen molar-refractivity contribution in [2.24, 2.45) is 0 Å². The molecule has 9 heteroatoms. The summed E-state index contributed by atoms with van der Waals surface area (Å²) in [5.41, 5.74) is 4.50. The lowest BCUT2D eigenvalue weighted by molar-refractivity contribution is 0.0633. The molecular weight excluding hydrogens is 578 g/mol. The fourth-order valence-corrected chi connectivity index (χ4v) is 5.22. The zero-order valence-electron chi connectivity index (χ0n) is 25.0. The van der Waals surface area contributed by atoms with E-state index in [0.717, 1.165) is 49.0 Å². The fraction of sp³-hybridized carbons (Fsp3) is 0.257. The van der Waals surface area contributed by atoms with Crippen molar-refractivity contribution in [1.82, 2.24) is 4.90 Å². The zero-order valence-corrected chi connectivity index (χ0v) is 25.8. The van der Waals surface area contributed by atoms with Crippen molar-refractivity contribution >= 4 is 35.0 Å². The first kappa shape index (κ1) is 30.9. The third-order valence-corrected chi connectivity index (χ3v) is 7.48. The smallest absolute Gasteiger partial charge is 0.412 e. The third kappa shape index (κ3) is 8.09. The summed E-state index contributed by atoms with van der Waals surface area (Å²) in [6.07, 6.45) is -0.558. The van der Waals surface area contributed by atoms with Gasteiger partial charge in [0.15, 0.2) is 0 Å². The molecule has 0 unspecified atom stereocenters. The van der Waals surface area contributed by atoms with Crippen LogP contribution in [0.5, 0.6) is 11.5 Å². The molecule has 0 aliphatic carbocycles. The maximum atomic E-state index is 12.1. The first-order chi connectivity index (χ1) is 21.0. The summed E-state index contributed by atoms with van der Waals surface area (Å²) < 4.78 is 11.3. The van der Waals surface area contributed by atoms with Crippen LogP contribution >= 0.6 is 11.6 Å². The molecule has 0 radical (unpaired) electrons. The predicted octanol–water partition coefficient (Wildman–Crippen LogP) is 8.17. The lowest BCUT2D eigenvalue weighted by Gasteiger charge is -2.36. The second-order valence-electron chi connectivity index (χ2n) is 11.7. The summed E-state index contributed by atoms with van der Waals surface area (Å²) in [5.74, 6) is -0.371. The molecule has 1 aliphatic rings. The summed E-state index contributed by atoms with van der Waals surface area (Å²) in [7, 11) is 0. The SMILES string of the molecule is CC(C)(C)OC(=O)Nc1ccc(Oc2cc(N3CCN(Cc4ccccc4-c4ccc(Cl)cc4)CC3)ccc2C(=O)O)cc1. The van der Waals surface area contributed by atoms with Gasteiger partial charge in [0.1, 0.15) is 22.7 Å². The van der Waals surface area contributed by atoms with E-state index < -0.39 is 17.7 Å². The highest BCUT2D eigenvalue weighted by Crippen LogP contribution is 2.32. The van der Waals surface area contributed by atoms with Gasteiger partial charge in [-0.15, -0.1) is 0 Å². The van der Waals surface area contributed by atoms with Crippen molar-refractivity contribution < 1.29 is 24.2 Å². The summed E-state index contributed by atoms with van der Waals surface area (Å²) in [4.78, 5) is 28.7. The van der Waals surface area contributed by atoms with E-state index in [1.54, 1.807) is 57.2 Å². The molecule has 1 aliphatic heterocycles. The molecule has 1 fully saturated rings. The number of rotatable bonds is 8. The summed E-state index contributed by atoms with van der Waals surface area (Å²) >= 11 is 6.10. The van der Waals surface area contributed by atoms with E-state index in [2.05, 4.69) is 51.5 Å². The topological polar surface area (TPSA) is 91.3 Å². The Balaban J connectivity index is 1.23.